The van der Waals surface area contributed by atoms with Crippen LogP contribution in [0, 0.1) is 0 Å². The summed E-state index contributed by atoms with van der Waals surface area (Å²) in [5, 5.41) is 6.13. The number of amides is 1. The summed E-state index contributed by atoms with van der Waals surface area (Å²) >= 11 is 0. The van der Waals surface area contributed by atoms with E-state index in [0.29, 0.717) is 29.4 Å². The summed E-state index contributed by atoms with van der Waals surface area (Å²) in [7, 11) is 3.44. The van der Waals surface area contributed by atoms with E-state index in [1.807, 2.05) is 55.6 Å². The molecule has 3 aromatic carbocycles. The fourth-order valence-electron chi connectivity index (χ4n) is 4.47. The third kappa shape index (κ3) is 6.55. The SMILES string of the molecule is CNc1cc(-c2ccccc2)ccc1C(=O)Nc1ccc(OCCN2CCCCCC2)c(OC)c1. The summed E-state index contributed by atoms with van der Waals surface area (Å²) in [5.41, 5.74) is 4.15. The molecule has 0 unspecified atom stereocenters. The van der Waals surface area contributed by atoms with Crippen LogP contribution >= 0.6 is 0 Å². The van der Waals surface area contributed by atoms with Crippen LogP contribution in [0.2, 0.25) is 0 Å². The standard InChI is InChI=1S/C29H35N3O3/c1-30-26-20-23(22-10-6-5-7-11-22)12-14-25(26)29(33)31-24-13-15-27(28(21-24)34-2)35-19-18-32-16-8-3-4-9-17-32/h5-7,10-15,20-21,30H,3-4,8-9,16-19H2,1-2H3,(H,31,33). The van der Waals surface area contributed by atoms with Gasteiger partial charge in [-0.15, -0.1) is 0 Å². The van der Waals surface area contributed by atoms with Crippen LogP contribution in [0.15, 0.2) is 66.7 Å². The number of carbonyl (C=O) groups excluding carboxylic acids is 1. The molecule has 1 amide bonds. The number of rotatable bonds is 9. The zero-order valence-corrected chi connectivity index (χ0v) is 20.7. The summed E-state index contributed by atoms with van der Waals surface area (Å²) in [4.78, 5) is 15.5. The molecule has 0 aromatic heterocycles. The second-order valence-electron chi connectivity index (χ2n) is 8.80. The minimum absolute atomic E-state index is 0.189. The van der Waals surface area contributed by atoms with Crippen LogP contribution < -0.4 is 20.1 Å². The number of ether oxygens (including phenoxy) is 2. The summed E-state index contributed by atoms with van der Waals surface area (Å²) in [5.74, 6) is 1.10. The first-order valence-corrected chi connectivity index (χ1v) is 12.4. The fourth-order valence-corrected chi connectivity index (χ4v) is 4.47. The second-order valence-corrected chi connectivity index (χ2v) is 8.80. The number of carbonyl (C=O) groups is 1. The summed E-state index contributed by atoms with van der Waals surface area (Å²) < 4.78 is 11.6. The lowest BCUT2D eigenvalue weighted by molar-refractivity contribution is 0.102. The van der Waals surface area contributed by atoms with E-state index in [0.717, 1.165) is 36.4 Å². The first-order valence-electron chi connectivity index (χ1n) is 12.4. The average Bonchev–Trinajstić information content (AvgIpc) is 3.18. The van der Waals surface area contributed by atoms with Gasteiger partial charge in [0.25, 0.3) is 5.91 Å². The van der Waals surface area contributed by atoms with E-state index in [1.165, 1.54) is 25.7 Å². The van der Waals surface area contributed by atoms with E-state index in [9.17, 15) is 4.79 Å². The molecule has 2 N–H and O–H groups in total. The van der Waals surface area contributed by atoms with Gasteiger partial charge in [0, 0.05) is 31.0 Å². The fraction of sp³-hybridized carbons (Fsp3) is 0.345. The van der Waals surface area contributed by atoms with E-state index >= 15 is 0 Å². The van der Waals surface area contributed by atoms with Crippen LogP contribution in [-0.4, -0.2) is 51.2 Å². The van der Waals surface area contributed by atoms with Gasteiger partial charge < -0.3 is 20.1 Å². The van der Waals surface area contributed by atoms with Crippen LogP contribution in [0.5, 0.6) is 11.5 Å². The van der Waals surface area contributed by atoms with Crippen molar-refractivity contribution in [3.05, 3.63) is 72.3 Å². The largest absolute Gasteiger partial charge is 0.493 e. The minimum atomic E-state index is -0.189. The first-order chi connectivity index (χ1) is 17.2. The number of methoxy groups -OCH3 is 1. The van der Waals surface area contributed by atoms with Gasteiger partial charge in [0.05, 0.1) is 12.7 Å². The maximum absolute atomic E-state index is 13.1. The van der Waals surface area contributed by atoms with Crippen LogP contribution in [0.4, 0.5) is 11.4 Å². The van der Waals surface area contributed by atoms with E-state index in [2.05, 4.69) is 27.7 Å². The maximum Gasteiger partial charge on any atom is 0.257 e. The molecule has 1 fully saturated rings. The molecule has 184 valence electrons. The molecule has 0 aliphatic carbocycles. The third-order valence-electron chi connectivity index (χ3n) is 6.43. The van der Waals surface area contributed by atoms with Crippen LogP contribution in [0.25, 0.3) is 11.1 Å². The summed E-state index contributed by atoms with van der Waals surface area (Å²) in [6, 6.07) is 21.4. The van der Waals surface area contributed by atoms with Crippen molar-refractivity contribution >= 4 is 17.3 Å². The lowest BCUT2D eigenvalue weighted by Crippen LogP contribution is -2.29. The normalized spacial score (nSPS) is 14.1. The Bertz CT molecular complexity index is 1110. The third-order valence-corrected chi connectivity index (χ3v) is 6.43. The van der Waals surface area contributed by atoms with Gasteiger partial charge in [0.2, 0.25) is 0 Å². The molecule has 0 bridgehead atoms. The van der Waals surface area contributed by atoms with Crippen molar-refractivity contribution in [2.75, 3.05) is 51.0 Å². The molecule has 1 saturated heterocycles. The highest BCUT2D eigenvalue weighted by Crippen LogP contribution is 2.31. The van der Waals surface area contributed by atoms with Gasteiger partial charge >= 0.3 is 0 Å². The van der Waals surface area contributed by atoms with Crippen LogP contribution in [0.1, 0.15) is 36.0 Å². The minimum Gasteiger partial charge on any atom is -0.493 e. The Kier molecular flexibility index (Phi) is 8.63. The van der Waals surface area contributed by atoms with Crippen molar-refractivity contribution in [1.82, 2.24) is 4.90 Å². The van der Waals surface area contributed by atoms with Crippen LogP contribution in [-0.2, 0) is 0 Å². The molecular weight excluding hydrogens is 438 g/mol. The number of likely N-dealkylation sites (tertiary alicyclic amines) is 1. The number of nitrogens with one attached hydrogen (secondary N) is 2. The van der Waals surface area contributed by atoms with E-state index in [1.54, 1.807) is 13.2 Å². The molecule has 3 aromatic rings. The van der Waals surface area contributed by atoms with Crippen molar-refractivity contribution in [2.24, 2.45) is 0 Å². The lowest BCUT2D eigenvalue weighted by atomic mass is 10.0. The Morgan fingerprint density at radius 3 is 2.37 bits per heavy atom. The number of hydrogen-bond donors (Lipinski definition) is 2. The topological polar surface area (TPSA) is 62.8 Å². The summed E-state index contributed by atoms with van der Waals surface area (Å²) in [6.07, 6.45) is 5.18. The highest BCUT2D eigenvalue weighted by atomic mass is 16.5. The Hall–Kier alpha value is -3.51. The average molecular weight is 474 g/mol. The quantitative estimate of drug-likeness (QED) is 0.404. The van der Waals surface area contributed by atoms with Gasteiger partial charge in [-0.1, -0.05) is 49.2 Å². The Labute approximate surface area is 208 Å². The predicted octanol–water partition coefficient (Wildman–Crippen LogP) is 5.91. The summed E-state index contributed by atoms with van der Waals surface area (Å²) in [6.45, 7) is 3.81. The molecule has 35 heavy (non-hydrogen) atoms. The predicted molar refractivity (Wildman–Crippen MR) is 143 cm³/mol. The van der Waals surface area contributed by atoms with Gasteiger partial charge in [-0.05, 0) is 61.3 Å². The van der Waals surface area contributed by atoms with Gasteiger partial charge in [0.1, 0.15) is 6.61 Å². The highest BCUT2D eigenvalue weighted by molar-refractivity contribution is 6.08. The number of anilines is 2. The molecule has 1 aliphatic rings. The molecule has 6 nitrogen and oxygen atoms in total. The van der Waals surface area contributed by atoms with Crippen molar-refractivity contribution in [2.45, 2.75) is 25.7 Å². The number of hydrogen-bond acceptors (Lipinski definition) is 5. The molecule has 0 saturated carbocycles. The van der Waals surface area contributed by atoms with Gasteiger partial charge in [-0.2, -0.15) is 0 Å². The zero-order valence-electron chi connectivity index (χ0n) is 20.7. The molecular formula is C29H35N3O3. The Morgan fingerprint density at radius 1 is 0.886 bits per heavy atom. The van der Waals surface area contributed by atoms with Crippen molar-refractivity contribution in [3.63, 3.8) is 0 Å². The monoisotopic (exact) mass is 473 g/mol. The molecule has 1 heterocycles. The van der Waals surface area contributed by atoms with Crippen molar-refractivity contribution in [3.8, 4) is 22.6 Å². The van der Waals surface area contributed by atoms with Crippen molar-refractivity contribution in [1.29, 1.82) is 0 Å². The molecule has 0 radical (unpaired) electrons. The molecule has 0 atom stereocenters. The molecule has 4 rings (SSSR count). The molecule has 6 heteroatoms. The number of nitrogens with zero attached hydrogens (tertiary/aromatic N) is 1. The maximum atomic E-state index is 13.1. The van der Waals surface area contributed by atoms with E-state index in [4.69, 9.17) is 9.47 Å². The Balaban J connectivity index is 1.40. The smallest absolute Gasteiger partial charge is 0.257 e. The molecule has 0 spiro atoms. The van der Waals surface area contributed by atoms with E-state index in [-0.39, 0.29) is 5.91 Å². The zero-order chi connectivity index (χ0) is 24.5. The van der Waals surface area contributed by atoms with Crippen molar-refractivity contribution < 1.29 is 14.3 Å². The molecule has 1 aliphatic heterocycles. The van der Waals surface area contributed by atoms with Gasteiger partial charge in [-0.3, -0.25) is 9.69 Å². The van der Waals surface area contributed by atoms with Crippen LogP contribution in [0.3, 0.4) is 0 Å². The Morgan fingerprint density at radius 2 is 1.66 bits per heavy atom. The van der Waals surface area contributed by atoms with Gasteiger partial charge in [-0.25, -0.2) is 0 Å². The van der Waals surface area contributed by atoms with E-state index < -0.39 is 0 Å². The first kappa shape index (κ1) is 24.6. The highest BCUT2D eigenvalue weighted by Gasteiger charge is 2.15. The lowest BCUT2D eigenvalue weighted by Gasteiger charge is -2.20. The second kappa shape index (κ2) is 12.3. The van der Waals surface area contributed by atoms with Gasteiger partial charge in [0.15, 0.2) is 11.5 Å². The number of benzene rings is 3.